The smallest absolute Gasteiger partial charge is 0.0703 e. The zero-order valence-electron chi connectivity index (χ0n) is 9.58. The Bertz CT molecular complexity index is 360. The first-order chi connectivity index (χ1) is 7.85. The number of nitriles is 1. The predicted molar refractivity (Wildman–Crippen MR) is 64.9 cm³/mol. The average molecular weight is 214 g/mol. The summed E-state index contributed by atoms with van der Waals surface area (Å²) < 4.78 is 0. The Labute approximate surface area is 97.3 Å². The summed E-state index contributed by atoms with van der Waals surface area (Å²) in [5.41, 5.74) is 1.31. The molecule has 0 aliphatic heterocycles. The fraction of sp³-hybridized carbons (Fsp3) is 0.500. The van der Waals surface area contributed by atoms with Crippen LogP contribution in [0.4, 0.5) is 0 Å². The van der Waals surface area contributed by atoms with Gasteiger partial charge < -0.3 is 5.32 Å². The fourth-order valence-electron chi connectivity index (χ4n) is 2.14. The first kappa shape index (κ1) is 11.2. The van der Waals surface area contributed by atoms with E-state index in [0.29, 0.717) is 0 Å². The van der Waals surface area contributed by atoms with E-state index in [2.05, 4.69) is 35.7 Å². The third-order valence-corrected chi connectivity index (χ3v) is 3.44. The number of rotatable bonds is 5. The fourth-order valence-corrected chi connectivity index (χ4v) is 2.14. The summed E-state index contributed by atoms with van der Waals surface area (Å²) in [4.78, 5) is 0. The van der Waals surface area contributed by atoms with Gasteiger partial charge in [0.05, 0.1) is 11.5 Å². The highest BCUT2D eigenvalue weighted by molar-refractivity contribution is 5.15. The number of nitrogens with one attached hydrogen (secondary N) is 1. The summed E-state index contributed by atoms with van der Waals surface area (Å²) in [7, 11) is 0. The second-order valence-corrected chi connectivity index (χ2v) is 4.66. The van der Waals surface area contributed by atoms with Gasteiger partial charge in [-0.05, 0) is 31.4 Å². The van der Waals surface area contributed by atoms with Gasteiger partial charge in [0.1, 0.15) is 0 Å². The average Bonchev–Trinajstić information content (AvgIpc) is 2.29. The van der Waals surface area contributed by atoms with E-state index in [4.69, 9.17) is 5.26 Å². The van der Waals surface area contributed by atoms with Crippen molar-refractivity contribution in [2.24, 2.45) is 5.41 Å². The molecule has 1 aromatic rings. The maximum absolute atomic E-state index is 9.06. The summed E-state index contributed by atoms with van der Waals surface area (Å²) in [6.45, 7) is 1.82. The molecule has 1 aromatic carbocycles. The molecule has 0 unspecified atom stereocenters. The Morgan fingerprint density at radius 1 is 1.25 bits per heavy atom. The minimum Gasteiger partial charge on any atom is -0.315 e. The van der Waals surface area contributed by atoms with Crippen molar-refractivity contribution in [2.75, 3.05) is 13.1 Å². The predicted octanol–water partition coefficient (Wildman–Crippen LogP) is 2.51. The van der Waals surface area contributed by atoms with Gasteiger partial charge in [-0.25, -0.2) is 0 Å². The van der Waals surface area contributed by atoms with Crippen LogP contribution in [0.15, 0.2) is 30.3 Å². The first-order valence-corrected chi connectivity index (χ1v) is 6.01. The maximum Gasteiger partial charge on any atom is 0.0703 e. The molecule has 84 valence electrons. The summed E-state index contributed by atoms with van der Waals surface area (Å²) >= 11 is 0. The van der Waals surface area contributed by atoms with Crippen LogP contribution in [0.2, 0.25) is 0 Å². The molecule has 2 nitrogen and oxygen atoms in total. The van der Waals surface area contributed by atoms with E-state index in [-0.39, 0.29) is 5.41 Å². The zero-order chi connectivity index (χ0) is 11.3. The molecule has 0 bridgehead atoms. The van der Waals surface area contributed by atoms with Crippen molar-refractivity contribution >= 4 is 0 Å². The molecule has 1 aliphatic carbocycles. The monoisotopic (exact) mass is 214 g/mol. The zero-order valence-corrected chi connectivity index (χ0v) is 9.58. The Kier molecular flexibility index (Phi) is 3.58. The summed E-state index contributed by atoms with van der Waals surface area (Å²) in [6.07, 6.45) is 4.40. The lowest BCUT2D eigenvalue weighted by atomic mass is 9.70. The molecule has 1 N–H and O–H groups in total. The molecule has 16 heavy (non-hydrogen) atoms. The minimum absolute atomic E-state index is 0.0450. The summed E-state index contributed by atoms with van der Waals surface area (Å²) in [6, 6.07) is 12.9. The Morgan fingerprint density at radius 2 is 2.00 bits per heavy atom. The second-order valence-electron chi connectivity index (χ2n) is 4.66. The van der Waals surface area contributed by atoms with E-state index in [1.54, 1.807) is 0 Å². The highest BCUT2D eigenvalue weighted by Crippen LogP contribution is 2.39. The summed E-state index contributed by atoms with van der Waals surface area (Å²) in [5, 5.41) is 12.5. The minimum atomic E-state index is -0.0450. The molecule has 0 amide bonds. The van der Waals surface area contributed by atoms with Gasteiger partial charge in [0.15, 0.2) is 0 Å². The van der Waals surface area contributed by atoms with Gasteiger partial charge in [-0.2, -0.15) is 5.26 Å². The van der Waals surface area contributed by atoms with Crippen LogP contribution in [0.1, 0.15) is 24.8 Å². The van der Waals surface area contributed by atoms with Crippen LogP contribution in [-0.4, -0.2) is 13.1 Å². The van der Waals surface area contributed by atoms with Gasteiger partial charge in [-0.1, -0.05) is 36.8 Å². The van der Waals surface area contributed by atoms with Gasteiger partial charge in [0, 0.05) is 6.54 Å². The Morgan fingerprint density at radius 3 is 2.56 bits per heavy atom. The molecule has 1 fully saturated rings. The standard InChI is InChI=1S/C14H18N2/c15-11-14(8-4-9-14)12-16-10-7-13-5-2-1-3-6-13/h1-3,5-6,16H,4,7-10,12H2. The quantitative estimate of drug-likeness (QED) is 0.764. The van der Waals surface area contributed by atoms with Crippen LogP contribution >= 0.6 is 0 Å². The molecule has 0 atom stereocenters. The van der Waals surface area contributed by atoms with E-state index < -0.39 is 0 Å². The van der Waals surface area contributed by atoms with Gasteiger partial charge in [0.25, 0.3) is 0 Å². The van der Waals surface area contributed by atoms with Crippen molar-refractivity contribution in [3.05, 3.63) is 35.9 Å². The van der Waals surface area contributed by atoms with E-state index in [1.165, 1.54) is 12.0 Å². The van der Waals surface area contributed by atoms with Crippen LogP contribution in [0.3, 0.4) is 0 Å². The van der Waals surface area contributed by atoms with Crippen molar-refractivity contribution in [1.82, 2.24) is 5.32 Å². The van der Waals surface area contributed by atoms with Gasteiger partial charge in [0.2, 0.25) is 0 Å². The Hall–Kier alpha value is -1.33. The highest BCUT2D eigenvalue weighted by Gasteiger charge is 2.36. The first-order valence-electron chi connectivity index (χ1n) is 6.01. The molecule has 0 saturated heterocycles. The number of nitrogens with zero attached hydrogens (tertiary/aromatic N) is 1. The molecule has 2 heteroatoms. The largest absolute Gasteiger partial charge is 0.315 e. The molecular weight excluding hydrogens is 196 g/mol. The third-order valence-electron chi connectivity index (χ3n) is 3.44. The van der Waals surface area contributed by atoms with Gasteiger partial charge >= 0.3 is 0 Å². The van der Waals surface area contributed by atoms with Crippen molar-refractivity contribution in [3.63, 3.8) is 0 Å². The lowest BCUT2D eigenvalue weighted by Gasteiger charge is -2.35. The van der Waals surface area contributed by atoms with Gasteiger partial charge in [-0.3, -0.25) is 0 Å². The Balaban J connectivity index is 1.68. The van der Waals surface area contributed by atoms with E-state index in [1.807, 2.05) is 6.07 Å². The maximum atomic E-state index is 9.06. The summed E-state index contributed by atoms with van der Waals surface area (Å²) in [5.74, 6) is 0. The van der Waals surface area contributed by atoms with E-state index in [0.717, 1.165) is 32.4 Å². The van der Waals surface area contributed by atoms with Crippen LogP contribution in [0, 0.1) is 16.7 Å². The van der Waals surface area contributed by atoms with Crippen molar-refractivity contribution < 1.29 is 0 Å². The van der Waals surface area contributed by atoms with Crippen molar-refractivity contribution in [2.45, 2.75) is 25.7 Å². The molecule has 0 radical (unpaired) electrons. The number of hydrogen-bond donors (Lipinski definition) is 1. The second kappa shape index (κ2) is 5.14. The lowest BCUT2D eigenvalue weighted by molar-refractivity contribution is 0.208. The lowest BCUT2D eigenvalue weighted by Crippen LogP contribution is -2.39. The van der Waals surface area contributed by atoms with Crippen molar-refractivity contribution in [3.8, 4) is 6.07 Å². The molecule has 0 heterocycles. The third kappa shape index (κ3) is 2.62. The SMILES string of the molecule is N#CC1(CNCCc2ccccc2)CCC1. The topological polar surface area (TPSA) is 35.8 Å². The van der Waals surface area contributed by atoms with Crippen LogP contribution < -0.4 is 5.32 Å². The molecular formula is C14H18N2. The normalized spacial score (nSPS) is 17.4. The van der Waals surface area contributed by atoms with Crippen LogP contribution in [-0.2, 0) is 6.42 Å². The van der Waals surface area contributed by atoms with E-state index in [9.17, 15) is 0 Å². The number of hydrogen-bond acceptors (Lipinski definition) is 2. The molecule has 2 rings (SSSR count). The molecule has 1 saturated carbocycles. The molecule has 0 spiro atoms. The van der Waals surface area contributed by atoms with E-state index >= 15 is 0 Å². The highest BCUT2D eigenvalue weighted by atomic mass is 14.9. The molecule has 1 aliphatic rings. The van der Waals surface area contributed by atoms with Gasteiger partial charge in [-0.15, -0.1) is 0 Å². The van der Waals surface area contributed by atoms with Crippen molar-refractivity contribution in [1.29, 1.82) is 5.26 Å². The molecule has 0 aromatic heterocycles. The number of benzene rings is 1. The van der Waals surface area contributed by atoms with Crippen LogP contribution in [0.5, 0.6) is 0 Å². The van der Waals surface area contributed by atoms with Crippen LogP contribution in [0.25, 0.3) is 0 Å².